The largest absolute Gasteiger partial charge is 0.399 e. The number of carbonyl (C=O) groups excluding carboxylic acids is 1. The third kappa shape index (κ3) is 3.48. The Morgan fingerprint density at radius 2 is 1.83 bits per heavy atom. The average Bonchev–Trinajstić information content (AvgIpc) is 3.09. The molecule has 3 aliphatic rings. The molecule has 3 fully saturated rings. The fraction of sp³-hybridized carbons (Fsp3) is 0.652. The fourth-order valence-electron chi connectivity index (χ4n) is 5.68. The molecule has 3 N–H and O–H groups in total. The number of nitrogens with one attached hydrogen (secondary N) is 1. The molecule has 2 unspecified atom stereocenters. The minimum absolute atomic E-state index is 0.0808. The molecule has 7 heteroatoms. The van der Waals surface area contributed by atoms with Gasteiger partial charge in [0.25, 0.3) is 5.91 Å². The summed E-state index contributed by atoms with van der Waals surface area (Å²) in [5.41, 5.74) is 8.53. The van der Waals surface area contributed by atoms with Crippen LogP contribution in [0.2, 0.25) is 0 Å². The second kappa shape index (κ2) is 7.24. The van der Waals surface area contributed by atoms with E-state index in [-0.39, 0.29) is 11.9 Å². The van der Waals surface area contributed by atoms with Gasteiger partial charge in [0.15, 0.2) is 5.69 Å². The molecule has 30 heavy (non-hydrogen) atoms. The van der Waals surface area contributed by atoms with Crippen LogP contribution in [-0.4, -0.2) is 70.8 Å². The molecule has 162 valence electrons. The van der Waals surface area contributed by atoms with E-state index >= 15 is 0 Å². The summed E-state index contributed by atoms with van der Waals surface area (Å²) in [4.78, 5) is 18.1. The number of likely N-dealkylation sites (tertiary alicyclic amines) is 2. The van der Waals surface area contributed by atoms with E-state index in [1.54, 1.807) is 4.68 Å². The van der Waals surface area contributed by atoms with Crippen LogP contribution in [0.1, 0.15) is 37.2 Å². The quantitative estimate of drug-likeness (QED) is 0.737. The minimum Gasteiger partial charge on any atom is -0.399 e. The number of nitrogen functional groups attached to an aromatic ring is 1. The Hall–Kier alpha value is -2.12. The van der Waals surface area contributed by atoms with Gasteiger partial charge in [-0.05, 0) is 48.3 Å². The highest BCUT2D eigenvalue weighted by molar-refractivity contribution is 6.05. The summed E-state index contributed by atoms with van der Waals surface area (Å²) in [5.74, 6) is 1.78. The maximum Gasteiger partial charge on any atom is 0.272 e. The Labute approximate surface area is 178 Å². The summed E-state index contributed by atoms with van der Waals surface area (Å²) in [7, 11) is 1.85. The summed E-state index contributed by atoms with van der Waals surface area (Å²) < 4.78 is 1.73. The van der Waals surface area contributed by atoms with E-state index in [1.165, 1.54) is 19.6 Å². The molecule has 2 aromatic rings. The minimum atomic E-state index is -0.0808. The van der Waals surface area contributed by atoms with Crippen LogP contribution in [0, 0.1) is 17.3 Å². The monoisotopic (exact) mass is 410 g/mol. The first-order valence-electron chi connectivity index (χ1n) is 11.3. The molecule has 5 rings (SSSR count). The van der Waals surface area contributed by atoms with Crippen LogP contribution in [-0.2, 0) is 7.05 Å². The average molecular weight is 411 g/mol. The van der Waals surface area contributed by atoms with Crippen LogP contribution < -0.4 is 11.1 Å². The number of nitrogens with two attached hydrogens (primary N) is 1. The van der Waals surface area contributed by atoms with Crippen molar-refractivity contribution in [2.45, 2.75) is 32.7 Å². The van der Waals surface area contributed by atoms with Crippen molar-refractivity contribution in [2.24, 2.45) is 24.3 Å². The van der Waals surface area contributed by atoms with Crippen LogP contribution in [0.5, 0.6) is 0 Å². The van der Waals surface area contributed by atoms with E-state index in [2.05, 4.69) is 34.1 Å². The van der Waals surface area contributed by atoms with Gasteiger partial charge in [-0.3, -0.25) is 9.48 Å². The lowest BCUT2D eigenvalue weighted by Crippen LogP contribution is -2.46. The van der Waals surface area contributed by atoms with Crippen LogP contribution in [0.15, 0.2) is 18.2 Å². The van der Waals surface area contributed by atoms with Crippen molar-refractivity contribution in [1.82, 2.24) is 24.9 Å². The molecule has 1 aromatic heterocycles. The number of benzene rings is 1. The number of anilines is 1. The van der Waals surface area contributed by atoms with E-state index in [9.17, 15) is 4.79 Å². The summed E-state index contributed by atoms with van der Waals surface area (Å²) >= 11 is 0. The molecule has 2 aliphatic heterocycles. The number of piperidine rings is 2. The summed E-state index contributed by atoms with van der Waals surface area (Å²) in [5, 5.41) is 8.50. The Kier molecular flexibility index (Phi) is 4.78. The van der Waals surface area contributed by atoms with Gasteiger partial charge in [0, 0.05) is 63.4 Å². The van der Waals surface area contributed by atoms with E-state index < -0.39 is 0 Å². The van der Waals surface area contributed by atoms with Crippen LogP contribution in [0.4, 0.5) is 5.69 Å². The fourth-order valence-corrected chi connectivity index (χ4v) is 5.68. The Bertz CT molecular complexity index is 944. The third-order valence-electron chi connectivity index (χ3n) is 7.94. The maximum atomic E-state index is 12.9. The maximum absolute atomic E-state index is 12.9. The molecule has 2 saturated heterocycles. The van der Waals surface area contributed by atoms with Gasteiger partial charge in [0.1, 0.15) is 0 Å². The first-order valence-corrected chi connectivity index (χ1v) is 11.3. The number of hydrogen-bond donors (Lipinski definition) is 2. The Morgan fingerprint density at radius 1 is 1.17 bits per heavy atom. The predicted molar refractivity (Wildman–Crippen MR) is 119 cm³/mol. The zero-order valence-electron chi connectivity index (χ0n) is 18.4. The van der Waals surface area contributed by atoms with Crippen molar-refractivity contribution in [2.75, 3.05) is 45.0 Å². The number of carbonyl (C=O) groups is 1. The van der Waals surface area contributed by atoms with Crippen molar-refractivity contribution in [1.29, 1.82) is 0 Å². The smallest absolute Gasteiger partial charge is 0.272 e. The number of fused-ring (bicyclic) bond motifs is 2. The molecule has 1 amide bonds. The van der Waals surface area contributed by atoms with Crippen LogP contribution >= 0.6 is 0 Å². The Balaban J connectivity index is 1.10. The van der Waals surface area contributed by atoms with Gasteiger partial charge in [0.2, 0.25) is 0 Å². The standard InChI is InChI=1S/C23H34N6O/c1-23(2)18-13-29(14-19(18)23)11-10-28-8-6-16(7-9-28)25-22(30)21-17-5-4-15(24)12-20(17)27(3)26-21/h4-5,12,16,18-19H,6-11,13-14,24H2,1-3H3,(H,25,30). The molecular weight excluding hydrogens is 376 g/mol. The normalized spacial score (nSPS) is 26.8. The summed E-state index contributed by atoms with van der Waals surface area (Å²) in [6.07, 6.45) is 2.00. The summed E-state index contributed by atoms with van der Waals surface area (Å²) in [6, 6.07) is 5.80. The number of aromatic nitrogens is 2. The van der Waals surface area contributed by atoms with Crippen molar-refractivity contribution < 1.29 is 4.79 Å². The molecule has 0 radical (unpaired) electrons. The van der Waals surface area contributed by atoms with E-state index in [4.69, 9.17) is 5.73 Å². The topological polar surface area (TPSA) is 79.4 Å². The van der Waals surface area contributed by atoms with E-state index in [0.29, 0.717) is 16.8 Å². The molecular formula is C23H34N6O. The molecule has 1 saturated carbocycles. The zero-order valence-corrected chi connectivity index (χ0v) is 18.4. The summed E-state index contributed by atoms with van der Waals surface area (Å²) in [6.45, 7) is 11.8. The highest BCUT2D eigenvalue weighted by Crippen LogP contribution is 2.61. The Morgan fingerprint density at radius 3 is 2.53 bits per heavy atom. The van der Waals surface area contributed by atoms with Crippen molar-refractivity contribution in [3.8, 4) is 0 Å². The van der Waals surface area contributed by atoms with Gasteiger partial charge in [-0.15, -0.1) is 0 Å². The number of hydrogen-bond acceptors (Lipinski definition) is 5. The van der Waals surface area contributed by atoms with Gasteiger partial charge in [0.05, 0.1) is 5.52 Å². The zero-order chi connectivity index (χ0) is 21.0. The van der Waals surface area contributed by atoms with Crippen LogP contribution in [0.25, 0.3) is 10.9 Å². The van der Waals surface area contributed by atoms with Gasteiger partial charge in [-0.25, -0.2) is 0 Å². The molecule has 7 nitrogen and oxygen atoms in total. The van der Waals surface area contributed by atoms with Crippen LogP contribution in [0.3, 0.4) is 0 Å². The number of nitrogens with zero attached hydrogens (tertiary/aromatic N) is 4. The highest BCUT2D eigenvalue weighted by atomic mass is 16.2. The third-order valence-corrected chi connectivity index (χ3v) is 7.94. The molecule has 0 spiro atoms. The predicted octanol–water partition coefficient (Wildman–Crippen LogP) is 1.94. The lowest BCUT2D eigenvalue weighted by molar-refractivity contribution is 0.0902. The van der Waals surface area contributed by atoms with Crippen molar-refractivity contribution in [3.63, 3.8) is 0 Å². The number of amides is 1. The molecule has 2 atom stereocenters. The first kappa shape index (κ1) is 19.8. The van der Waals surface area contributed by atoms with Gasteiger partial charge < -0.3 is 20.9 Å². The van der Waals surface area contributed by atoms with Gasteiger partial charge in [-0.1, -0.05) is 13.8 Å². The lowest BCUT2D eigenvalue weighted by atomic mass is 10.0. The molecule has 0 bridgehead atoms. The lowest BCUT2D eigenvalue weighted by Gasteiger charge is -2.33. The van der Waals surface area contributed by atoms with E-state index in [0.717, 1.165) is 55.2 Å². The molecule has 1 aromatic carbocycles. The second-order valence-electron chi connectivity index (χ2n) is 10.1. The van der Waals surface area contributed by atoms with Crippen molar-refractivity contribution in [3.05, 3.63) is 23.9 Å². The number of aryl methyl sites for hydroxylation is 1. The van der Waals surface area contributed by atoms with Gasteiger partial charge in [-0.2, -0.15) is 5.10 Å². The van der Waals surface area contributed by atoms with Crippen molar-refractivity contribution >= 4 is 22.5 Å². The SMILES string of the molecule is Cn1nc(C(=O)NC2CCN(CCN3CC4C(C3)C4(C)C)CC2)c2ccc(N)cc21. The highest BCUT2D eigenvalue weighted by Gasteiger charge is 2.61. The number of rotatable bonds is 5. The second-order valence-corrected chi connectivity index (χ2v) is 10.1. The van der Waals surface area contributed by atoms with Gasteiger partial charge >= 0.3 is 0 Å². The molecule has 1 aliphatic carbocycles. The first-order chi connectivity index (χ1) is 14.3. The van der Waals surface area contributed by atoms with E-state index in [1.807, 2.05) is 25.2 Å². The molecule has 3 heterocycles.